The van der Waals surface area contributed by atoms with Gasteiger partial charge < -0.3 is 36.7 Å². The van der Waals surface area contributed by atoms with E-state index in [4.69, 9.17) is 5.73 Å². The van der Waals surface area contributed by atoms with Gasteiger partial charge in [0.1, 0.15) is 17.1 Å². The third-order valence-corrected chi connectivity index (χ3v) is 8.67. The predicted octanol–water partition coefficient (Wildman–Crippen LogP) is -2.08. The minimum absolute atomic E-state index is 0.00964. The van der Waals surface area contributed by atoms with Crippen LogP contribution in [0.5, 0.6) is 0 Å². The summed E-state index contributed by atoms with van der Waals surface area (Å²) in [4.78, 5) is 57.5. The first-order chi connectivity index (χ1) is 18.2. The molecular weight excluding hydrogens is 540 g/mol. The van der Waals surface area contributed by atoms with E-state index in [1.54, 1.807) is 11.0 Å². The van der Waals surface area contributed by atoms with E-state index in [0.717, 1.165) is 16.4 Å². The largest absolute Gasteiger partial charge is 0.477 e. The number of hydrogen-bond donors (Lipinski definition) is 6. The van der Waals surface area contributed by atoms with Crippen molar-refractivity contribution >= 4 is 57.8 Å². The number of thioether (sulfide) groups is 1. The smallest absolute Gasteiger partial charge is 0.352 e. The van der Waals surface area contributed by atoms with E-state index in [2.05, 4.69) is 25.1 Å². The van der Waals surface area contributed by atoms with E-state index in [9.17, 15) is 34.6 Å². The SMILES string of the molecule is Nc1nc(/C(=N/O)C(=O)N[C@@H]2C(=O)N3C(C(=O)O)=C(/C=C4\CCN(C5CNC(CO)C5)C4=O)CS[C@H]23)ns1. The van der Waals surface area contributed by atoms with Crippen LogP contribution in [0.1, 0.15) is 18.7 Å². The summed E-state index contributed by atoms with van der Waals surface area (Å²) in [7, 11) is 0. The zero-order valence-corrected chi connectivity index (χ0v) is 21.4. The number of carbonyl (C=O) groups excluding carboxylic acids is 3. The van der Waals surface area contributed by atoms with Gasteiger partial charge in [-0.1, -0.05) is 5.16 Å². The Hall–Kier alpha value is -3.54. The fourth-order valence-corrected chi connectivity index (χ4v) is 6.73. The molecule has 4 atom stereocenters. The van der Waals surface area contributed by atoms with Crippen molar-refractivity contribution in [2.75, 3.05) is 31.2 Å². The van der Waals surface area contributed by atoms with Crippen LogP contribution in [-0.2, 0) is 19.2 Å². The summed E-state index contributed by atoms with van der Waals surface area (Å²) >= 11 is 2.04. The van der Waals surface area contributed by atoms with Crippen LogP contribution in [-0.4, -0.2) is 113 Å². The van der Waals surface area contributed by atoms with Gasteiger partial charge in [-0.2, -0.15) is 9.36 Å². The fourth-order valence-electron chi connectivity index (χ4n) is 4.99. The Kier molecular flexibility index (Phi) is 7.08. The molecule has 5 heterocycles. The Balaban J connectivity index is 1.31. The van der Waals surface area contributed by atoms with E-state index in [-0.39, 0.29) is 47.0 Å². The summed E-state index contributed by atoms with van der Waals surface area (Å²) in [6.45, 7) is 1.06. The summed E-state index contributed by atoms with van der Waals surface area (Å²) in [5.41, 5.74) is 5.53. The number of amides is 3. The number of nitrogens with zero attached hydrogens (tertiary/aromatic N) is 5. The zero-order valence-electron chi connectivity index (χ0n) is 19.7. The Labute approximate surface area is 223 Å². The van der Waals surface area contributed by atoms with Gasteiger partial charge in [-0.05, 0) is 24.5 Å². The molecule has 0 saturated carbocycles. The second-order valence-corrected chi connectivity index (χ2v) is 10.9. The minimum Gasteiger partial charge on any atom is -0.477 e. The number of likely N-dealkylation sites (tertiary alicyclic amines) is 1. The van der Waals surface area contributed by atoms with Gasteiger partial charge in [-0.3, -0.25) is 19.3 Å². The summed E-state index contributed by atoms with van der Waals surface area (Å²) in [6, 6.07) is -1.18. The number of β-lactam (4-membered cyclic amide) rings is 1. The molecule has 3 saturated heterocycles. The number of carbonyl (C=O) groups is 4. The Morgan fingerprint density at radius 1 is 1.34 bits per heavy atom. The molecule has 0 aromatic carbocycles. The average molecular weight is 565 g/mol. The number of rotatable bonds is 7. The lowest BCUT2D eigenvalue weighted by Gasteiger charge is -2.49. The molecule has 15 nitrogen and oxygen atoms in total. The number of aromatic nitrogens is 2. The van der Waals surface area contributed by atoms with Gasteiger partial charge in [0.25, 0.3) is 11.8 Å². The van der Waals surface area contributed by atoms with Crippen LogP contribution in [0.2, 0.25) is 0 Å². The van der Waals surface area contributed by atoms with Crippen LogP contribution in [0.4, 0.5) is 5.13 Å². The molecule has 0 radical (unpaired) electrons. The summed E-state index contributed by atoms with van der Waals surface area (Å²) in [6.07, 6.45) is 2.63. The van der Waals surface area contributed by atoms with Gasteiger partial charge in [0.15, 0.2) is 5.13 Å². The molecule has 2 unspecified atom stereocenters. The molecule has 202 valence electrons. The van der Waals surface area contributed by atoms with E-state index >= 15 is 0 Å². The number of anilines is 1. The first-order valence-corrected chi connectivity index (χ1v) is 13.4. The predicted molar refractivity (Wildman–Crippen MR) is 134 cm³/mol. The molecule has 4 aliphatic heterocycles. The maximum atomic E-state index is 13.1. The van der Waals surface area contributed by atoms with Crippen molar-refractivity contribution in [1.29, 1.82) is 0 Å². The number of carboxylic acids is 1. The van der Waals surface area contributed by atoms with Crippen LogP contribution < -0.4 is 16.4 Å². The van der Waals surface area contributed by atoms with E-state index < -0.39 is 34.9 Å². The number of oxime groups is 1. The molecule has 17 heteroatoms. The van der Waals surface area contributed by atoms with E-state index in [1.165, 1.54) is 11.8 Å². The van der Waals surface area contributed by atoms with Crippen molar-refractivity contribution in [3.05, 3.63) is 28.7 Å². The molecule has 1 aromatic heterocycles. The molecule has 3 amide bonds. The van der Waals surface area contributed by atoms with Gasteiger partial charge in [-0.25, -0.2) is 4.79 Å². The highest BCUT2D eigenvalue weighted by atomic mass is 32.2. The standard InChI is InChI=1S/C21H24N8O7S2/c22-21-25-15(27-38-21)12(26-36)16(31)24-13-18(33)29-14(20(34)35)9(7-37-19(13)29)3-8-1-2-28(17(8)32)11-4-10(6-30)23-5-11/h3,10-11,13,19,23,30,36H,1-2,4-7H2,(H,24,31)(H,34,35)(H2,22,25,27)/b8-3+,26-12-/t10?,11?,13-,19-/m1/s1. The molecule has 7 N–H and O–H groups in total. The number of carboxylic acid groups (broad SMARTS) is 1. The molecule has 0 aliphatic carbocycles. The number of hydrogen-bond acceptors (Lipinski definition) is 13. The van der Waals surface area contributed by atoms with Gasteiger partial charge in [0.2, 0.25) is 17.4 Å². The summed E-state index contributed by atoms with van der Waals surface area (Å²) in [5.74, 6) is -3.09. The number of aliphatic hydroxyl groups is 1. The van der Waals surface area contributed by atoms with Crippen molar-refractivity contribution in [1.82, 2.24) is 29.8 Å². The highest BCUT2D eigenvalue weighted by Crippen LogP contribution is 2.41. The number of fused-ring (bicyclic) bond motifs is 1. The molecule has 1 aromatic rings. The van der Waals surface area contributed by atoms with Crippen LogP contribution >= 0.6 is 23.3 Å². The fraction of sp³-hybridized carbons (Fsp3) is 0.476. The Morgan fingerprint density at radius 2 is 2.13 bits per heavy atom. The summed E-state index contributed by atoms with van der Waals surface area (Å²) < 4.78 is 3.81. The second-order valence-electron chi connectivity index (χ2n) is 9.04. The lowest BCUT2D eigenvalue weighted by Crippen LogP contribution is -2.71. The van der Waals surface area contributed by atoms with Crippen LogP contribution in [0.15, 0.2) is 28.1 Å². The second kappa shape index (κ2) is 10.3. The van der Waals surface area contributed by atoms with Crippen molar-refractivity contribution in [3.63, 3.8) is 0 Å². The molecule has 0 bridgehead atoms. The quantitative estimate of drug-likeness (QED) is 0.0690. The Morgan fingerprint density at radius 3 is 2.76 bits per heavy atom. The lowest BCUT2D eigenvalue weighted by molar-refractivity contribution is -0.150. The summed E-state index contributed by atoms with van der Waals surface area (Å²) in [5, 5.41) is 36.4. The van der Waals surface area contributed by atoms with Crippen molar-refractivity contribution in [2.24, 2.45) is 5.16 Å². The number of aliphatic hydroxyl groups excluding tert-OH is 1. The first kappa shape index (κ1) is 26.1. The zero-order chi connectivity index (χ0) is 27.1. The van der Waals surface area contributed by atoms with Crippen molar-refractivity contribution in [3.8, 4) is 0 Å². The maximum Gasteiger partial charge on any atom is 0.352 e. The van der Waals surface area contributed by atoms with Gasteiger partial charge in [0, 0.05) is 48.0 Å². The maximum absolute atomic E-state index is 13.1. The molecule has 5 rings (SSSR count). The van der Waals surface area contributed by atoms with Gasteiger partial charge in [-0.15, -0.1) is 11.8 Å². The van der Waals surface area contributed by atoms with Crippen molar-refractivity contribution in [2.45, 2.75) is 36.3 Å². The van der Waals surface area contributed by atoms with Crippen molar-refractivity contribution < 1.29 is 34.6 Å². The normalized spacial score (nSPS) is 28.7. The number of nitrogens with two attached hydrogens (primary N) is 1. The third-order valence-electron chi connectivity index (χ3n) is 6.82. The van der Waals surface area contributed by atoms with Gasteiger partial charge >= 0.3 is 5.97 Å². The van der Waals surface area contributed by atoms with E-state index in [1.807, 2.05) is 0 Å². The van der Waals surface area contributed by atoms with Gasteiger partial charge in [0.05, 0.1) is 6.61 Å². The topological polar surface area (TPSA) is 224 Å². The highest BCUT2D eigenvalue weighted by Gasteiger charge is 2.54. The molecule has 3 fully saturated rings. The molecule has 0 spiro atoms. The number of nitrogens with one attached hydrogen (secondary N) is 2. The van der Waals surface area contributed by atoms with Crippen LogP contribution in [0, 0.1) is 0 Å². The highest BCUT2D eigenvalue weighted by molar-refractivity contribution is 8.00. The molecular formula is C21H24N8O7S2. The Bertz CT molecular complexity index is 1290. The molecule has 4 aliphatic rings. The number of nitrogen functional groups attached to an aromatic ring is 1. The average Bonchev–Trinajstić information content (AvgIpc) is 3.63. The third kappa shape index (κ3) is 4.50. The first-order valence-electron chi connectivity index (χ1n) is 11.6. The van der Waals surface area contributed by atoms with Crippen LogP contribution in [0.3, 0.4) is 0 Å². The number of aliphatic carboxylic acids is 1. The lowest BCUT2D eigenvalue weighted by atomic mass is 10.0. The van der Waals surface area contributed by atoms with E-state index in [0.29, 0.717) is 37.1 Å². The monoisotopic (exact) mass is 564 g/mol. The minimum atomic E-state index is -1.33. The number of allylic oxidation sites excluding steroid dienone is 1. The van der Waals surface area contributed by atoms with Crippen LogP contribution in [0.25, 0.3) is 0 Å². The molecule has 38 heavy (non-hydrogen) atoms.